The van der Waals surface area contributed by atoms with Crippen molar-refractivity contribution in [2.75, 3.05) is 0 Å². The minimum absolute atomic E-state index is 0.619. The predicted octanol–water partition coefficient (Wildman–Crippen LogP) is 10.4. The molecular weight excluding hydrogens is 1050 g/mol. The Kier molecular flexibility index (Phi) is 23.5. The average molecular weight is 1090 g/mol. The smallest absolute Gasteiger partial charge is 0.207 e. The van der Waals surface area contributed by atoms with Crippen molar-refractivity contribution in [3.05, 3.63) is 202 Å². The number of aryl methyl sites for hydroxylation is 2. The van der Waals surface area contributed by atoms with Crippen molar-refractivity contribution in [2.24, 2.45) is 0 Å². The quantitative estimate of drug-likeness (QED) is 0.0533. The molecule has 0 fully saturated rings. The Morgan fingerprint density at radius 3 is 0.821 bits per heavy atom. The van der Waals surface area contributed by atoms with Crippen LogP contribution in [0.1, 0.15) is 65.6 Å². The fraction of sp³-hybridized carbons (Fsp3) is 0.217. The maximum Gasteiger partial charge on any atom is 0.296 e. The van der Waals surface area contributed by atoms with E-state index < -0.39 is 146 Å². The van der Waals surface area contributed by atoms with E-state index in [1.54, 1.807) is 0 Å². The van der Waals surface area contributed by atoms with Gasteiger partial charge in [0.15, 0.2) is 90.8 Å². The number of halogens is 20. The first kappa shape index (κ1) is 59.8. The molecule has 67 heavy (non-hydrogen) atoms. The molecule has 0 unspecified atom stereocenters. The Morgan fingerprint density at radius 2 is 0.582 bits per heavy atom. The molecule has 0 aliphatic carbocycles. The van der Waals surface area contributed by atoms with Gasteiger partial charge in [-0.2, -0.15) is 0 Å². The zero-order valence-electron chi connectivity index (χ0n) is 35.5. The van der Waals surface area contributed by atoms with Crippen molar-refractivity contribution in [1.29, 1.82) is 0 Å². The van der Waals surface area contributed by atoms with Gasteiger partial charge in [0.25, 0.3) is 22.6 Å². The van der Waals surface area contributed by atoms with E-state index in [9.17, 15) is 83.4 Å². The van der Waals surface area contributed by atoms with Gasteiger partial charge in [-0.1, -0.05) is 62.7 Å². The van der Waals surface area contributed by atoms with E-state index in [1.165, 1.54) is 20.3 Å². The second-order valence-electron chi connectivity index (χ2n) is 13.7. The summed E-state index contributed by atoms with van der Waals surface area (Å²) in [6.07, 6.45) is 1.14. The van der Waals surface area contributed by atoms with Crippen molar-refractivity contribution in [1.82, 2.24) is 0 Å². The molecule has 0 saturated heterocycles. The van der Waals surface area contributed by atoms with E-state index in [4.69, 9.17) is 0 Å². The molecule has 6 aromatic rings. The maximum absolute atomic E-state index is 12.7. The molecule has 0 aliphatic heterocycles. The first-order chi connectivity index (χ1) is 30.9. The van der Waals surface area contributed by atoms with Gasteiger partial charge in [0.05, 0.1) is 0 Å². The molecule has 0 atom stereocenters. The summed E-state index contributed by atoms with van der Waals surface area (Å²) in [6.45, 7) is 12.3. The number of rotatable bonds is 2. The van der Waals surface area contributed by atoms with E-state index in [1.807, 2.05) is 22.6 Å². The lowest BCUT2D eigenvalue weighted by Crippen LogP contribution is -3.34. The van der Waals surface area contributed by atoms with Crippen molar-refractivity contribution in [3.8, 4) is 0 Å². The molecule has 6 aromatic carbocycles. The first-order valence-corrected chi connectivity index (χ1v) is 19.6. The molecule has 0 heterocycles. The summed E-state index contributed by atoms with van der Waals surface area (Å²) in [5, 5.41) is 0. The van der Waals surface area contributed by atoms with Gasteiger partial charge in [0.1, 0.15) is 11.6 Å². The third-order valence-electron chi connectivity index (χ3n) is 8.63. The Labute approximate surface area is 387 Å². The van der Waals surface area contributed by atoms with Crippen LogP contribution in [0.5, 0.6) is 0 Å². The van der Waals surface area contributed by atoms with Crippen LogP contribution in [0.2, 0.25) is 0 Å². The van der Waals surface area contributed by atoms with Crippen LogP contribution in [0.15, 0.2) is 48.5 Å². The van der Waals surface area contributed by atoms with Gasteiger partial charge in [0.2, 0.25) is 11.6 Å². The van der Waals surface area contributed by atoms with Gasteiger partial charge in [-0.05, 0) is 78.1 Å². The van der Waals surface area contributed by atoms with Gasteiger partial charge in [-0.15, -0.1) is 5.46 Å². The van der Waals surface area contributed by atoms with E-state index in [0.717, 1.165) is 34.1 Å². The van der Waals surface area contributed by atoms with E-state index in [0.29, 0.717) is 5.92 Å². The third kappa shape index (κ3) is 15.4. The number of hydrogen-bond acceptors (Lipinski definition) is 0. The number of hydrogen-bond donors (Lipinski definition) is 0. The minimum Gasteiger partial charge on any atom is -0.207 e. The molecule has 0 bridgehead atoms. The van der Waals surface area contributed by atoms with Gasteiger partial charge in [-0.3, -0.25) is 0 Å². The molecule has 6 rings (SSSR count). The highest BCUT2D eigenvalue weighted by Crippen LogP contribution is 2.24. The van der Waals surface area contributed by atoms with Gasteiger partial charge >= 0.3 is 0 Å². The molecule has 21 heteroatoms. The highest BCUT2D eigenvalue weighted by atomic mass is 127. The third-order valence-corrected chi connectivity index (χ3v) is 9.40. The first-order valence-electron chi connectivity index (χ1n) is 18.4. The van der Waals surface area contributed by atoms with Crippen LogP contribution in [0.3, 0.4) is 0 Å². The fourth-order valence-electron chi connectivity index (χ4n) is 4.45. The molecule has 0 saturated carbocycles. The second-order valence-corrected chi connectivity index (χ2v) is 15.0. The van der Waals surface area contributed by atoms with Gasteiger partial charge in [0, 0.05) is 22.3 Å². The SMILES string of the molecule is CC(C)c1ccc([IH+])cc1.CCc1ccc(C)cc1.Cc1c(F)c(F)c(C)c(F)c1F.Cc1c(F)c(F)c(F)c(F)c1F.Cc1c(F)c(F)c(F)c(F)c1F.[BH3-]c1c(F)c(F)c(F)c(F)c1F. The maximum atomic E-state index is 12.7. The highest BCUT2D eigenvalue weighted by molar-refractivity contribution is 6.32. The summed E-state index contributed by atoms with van der Waals surface area (Å²) >= 11 is 2.05. The van der Waals surface area contributed by atoms with Crippen molar-refractivity contribution in [3.63, 3.8) is 0 Å². The molecular formula is C46H39BF19I. The molecule has 0 spiro atoms. The van der Waals surface area contributed by atoms with Crippen molar-refractivity contribution in [2.45, 2.75) is 67.7 Å². The molecule has 0 aliphatic rings. The van der Waals surface area contributed by atoms with Crippen molar-refractivity contribution < 1.29 is 106 Å². The summed E-state index contributed by atoms with van der Waals surface area (Å²) < 4.78 is 237. The van der Waals surface area contributed by atoms with E-state index in [2.05, 4.69) is 76.2 Å². The zero-order chi connectivity index (χ0) is 52.1. The van der Waals surface area contributed by atoms with Crippen LogP contribution in [0, 0.1) is 149 Å². The largest absolute Gasteiger partial charge is 0.296 e. The standard InChI is InChI=1S/C9H12I.C9H12.C8H6F4.2C7H3F5.C6H3BF5/c1-7(2)8-3-5-9(10)6-4-8;1-3-9-6-4-8(2)5-7-9;1-3-5(9)7(11)4(2)8(12)6(3)10;2*1-2-3(8)5(10)7(12)6(11)4(2)9;7-1-2(8)4(10)6(12)5(11)3(1)9/h3-7,10H,1-2H3;4-7H,3H2,1-2H3;1-2H3;2*1H3;7H3/q+1;;;;;-1. The molecule has 0 nitrogen and oxygen atoms in total. The fourth-order valence-corrected chi connectivity index (χ4v) is 4.84. The molecule has 0 aromatic heterocycles. The van der Waals surface area contributed by atoms with Crippen LogP contribution in [0.4, 0.5) is 83.4 Å². The zero-order valence-corrected chi connectivity index (χ0v) is 37.8. The summed E-state index contributed by atoms with van der Waals surface area (Å²) in [5.41, 5.74) is 0.565. The Balaban J connectivity index is 0.000000403. The van der Waals surface area contributed by atoms with Crippen LogP contribution in [0.25, 0.3) is 0 Å². The molecule has 0 radical (unpaired) electrons. The topological polar surface area (TPSA) is 0 Å². The van der Waals surface area contributed by atoms with Crippen LogP contribution < -0.4 is 28.1 Å². The van der Waals surface area contributed by atoms with Gasteiger partial charge < -0.3 is 0 Å². The van der Waals surface area contributed by atoms with E-state index in [-0.39, 0.29) is 0 Å². The predicted molar refractivity (Wildman–Crippen MR) is 215 cm³/mol. The van der Waals surface area contributed by atoms with Crippen LogP contribution in [-0.4, -0.2) is 7.85 Å². The molecule has 0 amide bonds. The summed E-state index contributed by atoms with van der Waals surface area (Å²) in [5.74, 6) is -32.8. The lowest BCUT2D eigenvalue weighted by atomic mass is 9.94. The summed E-state index contributed by atoms with van der Waals surface area (Å²) in [7, 11) is -1.05. The lowest BCUT2D eigenvalue weighted by Gasteiger charge is -2.06. The molecule has 0 N–H and O–H groups in total. The molecule has 366 valence electrons. The number of benzene rings is 6. The summed E-state index contributed by atoms with van der Waals surface area (Å²) in [6, 6.07) is 17.4. The van der Waals surface area contributed by atoms with Crippen LogP contribution in [-0.2, 0) is 6.42 Å². The second kappa shape index (κ2) is 26.4. The highest BCUT2D eigenvalue weighted by Gasteiger charge is 2.24. The van der Waals surface area contributed by atoms with Crippen LogP contribution >= 0.6 is 0 Å². The monoisotopic (exact) mass is 1090 g/mol. The van der Waals surface area contributed by atoms with Gasteiger partial charge in [-0.25, -0.2) is 83.4 Å². The van der Waals surface area contributed by atoms with Crippen molar-refractivity contribution >= 4 is 13.3 Å². The Bertz CT molecular complexity index is 1960. The minimum atomic E-state index is -2.13. The Morgan fingerprint density at radius 1 is 0.358 bits per heavy atom. The van der Waals surface area contributed by atoms with E-state index >= 15 is 0 Å². The average Bonchev–Trinajstić information content (AvgIpc) is 3.32. The normalized spacial score (nSPS) is 10.4. The summed E-state index contributed by atoms with van der Waals surface area (Å²) in [4.78, 5) is 0. The lowest BCUT2D eigenvalue weighted by molar-refractivity contribution is -0.328. The Hall–Kier alpha value is -5.22.